The summed E-state index contributed by atoms with van der Waals surface area (Å²) in [6.07, 6.45) is 5.47. The molecule has 1 saturated heterocycles. The van der Waals surface area contributed by atoms with E-state index in [4.69, 9.17) is 0 Å². The maximum absolute atomic E-state index is 4.30. The molecule has 1 aromatic rings. The molecule has 1 aromatic heterocycles. The van der Waals surface area contributed by atoms with Crippen molar-refractivity contribution in [3.8, 4) is 0 Å². The second-order valence-corrected chi connectivity index (χ2v) is 4.90. The van der Waals surface area contributed by atoms with Crippen LogP contribution in [0.2, 0.25) is 0 Å². The van der Waals surface area contributed by atoms with Crippen LogP contribution < -0.4 is 0 Å². The molecule has 2 heterocycles. The summed E-state index contributed by atoms with van der Waals surface area (Å²) in [6.45, 7) is 6.59. The molecule has 4 heteroatoms. The highest BCUT2D eigenvalue weighted by atomic mass is 79.9. The summed E-state index contributed by atoms with van der Waals surface area (Å²) < 4.78 is 1.99. The molecule has 1 aliphatic rings. The number of alkyl halides is 1. The van der Waals surface area contributed by atoms with E-state index >= 15 is 0 Å². The zero-order chi connectivity index (χ0) is 10.7. The number of likely N-dealkylation sites (tertiary alicyclic amines) is 1. The van der Waals surface area contributed by atoms with E-state index in [1.54, 1.807) is 0 Å². The third-order valence-electron chi connectivity index (χ3n) is 3.01. The van der Waals surface area contributed by atoms with Crippen molar-refractivity contribution >= 4 is 15.9 Å². The molecule has 0 aliphatic carbocycles. The highest BCUT2D eigenvalue weighted by molar-refractivity contribution is 9.09. The lowest BCUT2D eigenvalue weighted by molar-refractivity contribution is 0.321. The van der Waals surface area contributed by atoms with Gasteiger partial charge in [-0.15, -0.1) is 0 Å². The van der Waals surface area contributed by atoms with E-state index in [1.807, 2.05) is 10.9 Å². The Hall–Kier alpha value is -0.350. The van der Waals surface area contributed by atoms with Gasteiger partial charge in [0.2, 0.25) is 0 Å². The van der Waals surface area contributed by atoms with Gasteiger partial charge in [-0.2, -0.15) is 5.10 Å². The summed E-state index contributed by atoms with van der Waals surface area (Å²) in [4.78, 5) is 2.52. The summed E-state index contributed by atoms with van der Waals surface area (Å²) in [5, 5.41) is 5.43. The molecule has 1 atom stereocenters. The van der Waals surface area contributed by atoms with Crippen molar-refractivity contribution in [2.45, 2.75) is 26.4 Å². The first-order chi connectivity index (χ1) is 7.31. The van der Waals surface area contributed by atoms with E-state index in [2.05, 4.69) is 39.0 Å². The van der Waals surface area contributed by atoms with Crippen molar-refractivity contribution in [2.24, 2.45) is 5.92 Å². The lowest BCUT2D eigenvalue weighted by Gasteiger charge is -2.13. The van der Waals surface area contributed by atoms with Crippen molar-refractivity contribution in [1.29, 1.82) is 0 Å². The molecule has 0 spiro atoms. The molecular weight excluding hydrogens is 254 g/mol. The smallest absolute Gasteiger partial charge is 0.0534 e. The molecule has 0 bridgehead atoms. The van der Waals surface area contributed by atoms with Crippen LogP contribution in [0.1, 0.15) is 18.9 Å². The first-order valence-corrected chi connectivity index (χ1v) is 6.73. The van der Waals surface area contributed by atoms with Crippen molar-refractivity contribution in [3.05, 3.63) is 18.0 Å². The van der Waals surface area contributed by atoms with Gasteiger partial charge in [-0.25, -0.2) is 0 Å². The Kier molecular flexibility index (Phi) is 3.81. The normalized spacial score (nSPS) is 22.4. The monoisotopic (exact) mass is 271 g/mol. The van der Waals surface area contributed by atoms with Crippen molar-refractivity contribution in [2.75, 3.05) is 18.4 Å². The lowest BCUT2D eigenvalue weighted by atomic mass is 10.2. The van der Waals surface area contributed by atoms with Crippen LogP contribution in [0.4, 0.5) is 0 Å². The van der Waals surface area contributed by atoms with Crippen LogP contribution in [0.5, 0.6) is 0 Å². The molecule has 0 amide bonds. The van der Waals surface area contributed by atoms with Gasteiger partial charge in [0.25, 0.3) is 0 Å². The molecule has 3 nitrogen and oxygen atoms in total. The number of hydrogen-bond donors (Lipinski definition) is 0. The van der Waals surface area contributed by atoms with Gasteiger partial charge < -0.3 is 0 Å². The number of halogens is 1. The predicted octanol–water partition coefficient (Wildman–Crippen LogP) is 2.12. The zero-order valence-electron chi connectivity index (χ0n) is 9.19. The zero-order valence-corrected chi connectivity index (χ0v) is 10.8. The molecule has 1 unspecified atom stereocenters. The van der Waals surface area contributed by atoms with Gasteiger partial charge in [0, 0.05) is 36.7 Å². The number of rotatable bonds is 4. The van der Waals surface area contributed by atoms with E-state index in [9.17, 15) is 0 Å². The minimum absolute atomic E-state index is 0.839. The van der Waals surface area contributed by atoms with Gasteiger partial charge in [0.1, 0.15) is 0 Å². The molecule has 1 aliphatic heterocycles. The van der Waals surface area contributed by atoms with Gasteiger partial charge in [-0.3, -0.25) is 9.58 Å². The molecule has 1 fully saturated rings. The molecule has 2 rings (SSSR count). The SMILES string of the molecule is CCn1cc(CN2CCC(CBr)C2)cn1. The second-order valence-electron chi connectivity index (χ2n) is 4.25. The van der Waals surface area contributed by atoms with E-state index < -0.39 is 0 Å². The maximum atomic E-state index is 4.30. The summed E-state index contributed by atoms with van der Waals surface area (Å²) in [7, 11) is 0. The molecule has 0 radical (unpaired) electrons. The fourth-order valence-electron chi connectivity index (χ4n) is 2.10. The number of nitrogens with zero attached hydrogens (tertiary/aromatic N) is 3. The Bertz CT molecular complexity index is 311. The van der Waals surface area contributed by atoms with Crippen LogP contribution in [0.15, 0.2) is 12.4 Å². The molecule has 84 valence electrons. The Morgan fingerprint density at radius 3 is 3.07 bits per heavy atom. The Labute approximate surface area is 99.6 Å². The van der Waals surface area contributed by atoms with Crippen LogP contribution in [-0.4, -0.2) is 33.1 Å². The summed E-state index contributed by atoms with van der Waals surface area (Å²) in [5.41, 5.74) is 1.34. The van der Waals surface area contributed by atoms with Crippen LogP contribution in [-0.2, 0) is 13.1 Å². The Morgan fingerprint density at radius 1 is 1.60 bits per heavy atom. The first kappa shape index (κ1) is 11.1. The van der Waals surface area contributed by atoms with Crippen molar-refractivity contribution in [1.82, 2.24) is 14.7 Å². The molecular formula is C11H18BrN3. The van der Waals surface area contributed by atoms with Gasteiger partial charge in [0.15, 0.2) is 0 Å². The van der Waals surface area contributed by atoms with Crippen LogP contribution in [0.3, 0.4) is 0 Å². The minimum Gasteiger partial charge on any atom is -0.299 e. The average Bonchev–Trinajstić information content (AvgIpc) is 2.87. The topological polar surface area (TPSA) is 21.1 Å². The van der Waals surface area contributed by atoms with Gasteiger partial charge in [-0.1, -0.05) is 15.9 Å². The van der Waals surface area contributed by atoms with E-state index in [-0.39, 0.29) is 0 Å². The Morgan fingerprint density at radius 2 is 2.47 bits per heavy atom. The molecule has 0 saturated carbocycles. The summed E-state index contributed by atoms with van der Waals surface area (Å²) in [5.74, 6) is 0.839. The number of aromatic nitrogens is 2. The number of hydrogen-bond acceptors (Lipinski definition) is 2. The minimum atomic E-state index is 0.839. The standard InChI is InChI=1S/C11H18BrN3/c1-2-15-9-11(6-13-15)8-14-4-3-10(5-12)7-14/h6,9-10H,2-5,7-8H2,1H3. The largest absolute Gasteiger partial charge is 0.299 e. The molecule has 0 aromatic carbocycles. The van der Waals surface area contributed by atoms with Crippen molar-refractivity contribution < 1.29 is 0 Å². The fraction of sp³-hybridized carbons (Fsp3) is 0.727. The van der Waals surface area contributed by atoms with E-state index in [0.29, 0.717) is 0 Å². The first-order valence-electron chi connectivity index (χ1n) is 5.61. The van der Waals surface area contributed by atoms with Gasteiger partial charge in [-0.05, 0) is 25.8 Å². The third kappa shape index (κ3) is 2.82. The van der Waals surface area contributed by atoms with Crippen LogP contribution >= 0.6 is 15.9 Å². The van der Waals surface area contributed by atoms with Crippen LogP contribution in [0, 0.1) is 5.92 Å². The van der Waals surface area contributed by atoms with E-state index in [1.165, 1.54) is 25.1 Å². The van der Waals surface area contributed by atoms with Crippen molar-refractivity contribution in [3.63, 3.8) is 0 Å². The predicted molar refractivity (Wildman–Crippen MR) is 65.1 cm³/mol. The summed E-state index contributed by atoms with van der Waals surface area (Å²) >= 11 is 3.56. The average molecular weight is 272 g/mol. The highest BCUT2D eigenvalue weighted by Crippen LogP contribution is 2.19. The lowest BCUT2D eigenvalue weighted by Crippen LogP contribution is -2.20. The summed E-state index contributed by atoms with van der Waals surface area (Å²) in [6, 6.07) is 0. The highest BCUT2D eigenvalue weighted by Gasteiger charge is 2.21. The molecule has 0 N–H and O–H groups in total. The third-order valence-corrected chi connectivity index (χ3v) is 3.92. The van der Waals surface area contributed by atoms with Gasteiger partial charge in [0.05, 0.1) is 6.20 Å². The quantitative estimate of drug-likeness (QED) is 0.783. The van der Waals surface area contributed by atoms with Gasteiger partial charge >= 0.3 is 0 Å². The second kappa shape index (κ2) is 5.12. The van der Waals surface area contributed by atoms with Crippen LogP contribution in [0.25, 0.3) is 0 Å². The van der Waals surface area contributed by atoms with E-state index in [0.717, 1.165) is 24.3 Å². The number of aryl methyl sites for hydroxylation is 1. The molecule has 15 heavy (non-hydrogen) atoms. The fourth-order valence-corrected chi connectivity index (χ4v) is 2.63. The Balaban J connectivity index is 1.87. The maximum Gasteiger partial charge on any atom is 0.0534 e.